The molecule has 0 aliphatic heterocycles. The van der Waals surface area contributed by atoms with Crippen LogP contribution in [0, 0.1) is 13.8 Å². The Bertz CT molecular complexity index is 625. The van der Waals surface area contributed by atoms with E-state index >= 15 is 0 Å². The van der Waals surface area contributed by atoms with Crippen molar-refractivity contribution in [2.45, 2.75) is 32.9 Å². The highest BCUT2D eigenvalue weighted by molar-refractivity contribution is 6.30. The number of ether oxygens (including phenoxy) is 1. The Balaban J connectivity index is 1.79. The van der Waals surface area contributed by atoms with Gasteiger partial charge in [-0.1, -0.05) is 29.8 Å². The second-order valence-electron chi connectivity index (χ2n) is 5.97. The van der Waals surface area contributed by atoms with Crippen LogP contribution in [0.5, 0.6) is 5.75 Å². The molecule has 2 unspecified atom stereocenters. The van der Waals surface area contributed by atoms with Gasteiger partial charge in [-0.2, -0.15) is 0 Å². The first-order valence-corrected chi connectivity index (χ1v) is 8.20. The number of nitrogens with one attached hydrogen (secondary N) is 1. The van der Waals surface area contributed by atoms with Crippen LogP contribution >= 0.6 is 11.6 Å². The van der Waals surface area contributed by atoms with E-state index in [0.29, 0.717) is 6.54 Å². The van der Waals surface area contributed by atoms with Crippen LogP contribution in [0.25, 0.3) is 0 Å². The SMILES string of the molecule is Cc1cc(C)cc(OCC(O)CNC(C)c2cccc(Cl)c2)c1. The summed E-state index contributed by atoms with van der Waals surface area (Å²) in [5, 5.41) is 14.1. The van der Waals surface area contributed by atoms with E-state index in [0.717, 1.165) is 27.5 Å². The molecule has 0 spiro atoms. The van der Waals surface area contributed by atoms with E-state index < -0.39 is 6.10 Å². The Morgan fingerprint density at radius 3 is 2.48 bits per heavy atom. The maximum absolute atomic E-state index is 10.1. The van der Waals surface area contributed by atoms with Crippen molar-refractivity contribution in [1.29, 1.82) is 0 Å². The van der Waals surface area contributed by atoms with E-state index in [2.05, 4.69) is 11.4 Å². The molecule has 4 heteroatoms. The van der Waals surface area contributed by atoms with Crippen LogP contribution < -0.4 is 10.1 Å². The van der Waals surface area contributed by atoms with E-state index in [1.165, 1.54) is 0 Å². The van der Waals surface area contributed by atoms with Crippen LogP contribution in [-0.4, -0.2) is 24.4 Å². The van der Waals surface area contributed by atoms with Crippen molar-refractivity contribution in [2.24, 2.45) is 0 Å². The molecule has 0 saturated carbocycles. The fourth-order valence-electron chi connectivity index (χ4n) is 2.47. The molecule has 23 heavy (non-hydrogen) atoms. The van der Waals surface area contributed by atoms with E-state index in [4.69, 9.17) is 16.3 Å². The molecule has 2 rings (SSSR count). The summed E-state index contributed by atoms with van der Waals surface area (Å²) in [6.45, 7) is 6.83. The number of halogens is 1. The van der Waals surface area contributed by atoms with Gasteiger partial charge in [-0.3, -0.25) is 0 Å². The Morgan fingerprint density at radius 1 is 1.13 bits per heavy atom. The number of aryl methyl sites for hydroxylation is 2. The molecule has 0 radical (unpaired) electrons. The smallest absolute Gasteiger partial charge is 0.119 e. The molecule has 0 aromatic heterocycles. The zero-order valence-electron chi connectivity index (χ0n) is 13.8. The summed E-state index contributed by atoms with van der Waals surface area (Å²) >= 11 is 6.00. The average Bonchev–Trinajstić information content (AvgIpc) is 2.49. The molecule has 0 amide bonds. The van der Waals surface area contributed by atoms with Gasteiger partial charge in [0.25, 0.3) is 0 Å². The van der Waals surface area contributed by atoms with Crippen molar-refractivity contribution in [2.75, 3.05) is 13.2 Å². The molecule has 0 bridgehead atoms. The van der Waals surface area contributed by atoms with Crippen LogP contribution in [0.2, 0.25) is 5.02 Å². The molecular weight excluding hydrogens is 310 g/mol. The highest BCUT2D eigenvalue weighted by Crippen LogP contribution is 2.18. The minimum atomic E-state index is -0.572. The van der Waals surface area contributed by atoms with Crippen molar-refractivity contribution >= 4 is 11.6 Å². The zero-order valence-corrected chi connectivity index (χ0v) is 14.6. The predicted octanol–water partition coefficient (Wildman–Crippen LogP) is 4.05. The van der Waals surface area contributed by atoms with Crippen LogP contribution in [0.4, 0.5) is 0 Å². The normalized spacial score (nSPS) is 13.6. The Labute approximate surface area is 143 Å². The number of hydrogen-bond acceptors (Lipinski definition) is 3. The van der Waals surface area contributed by atoms with Gasteiger partial charge in [-0.25, -0.2) is 0 Å². The maximum Gasteiger partial charge on any atom is 0.119 e. The second kappa shape index (κ2) is 8.34. The number of rotatable bonds is 7. The van der Waals surface area contributed by atoms with Crippen molar-refractivity contribution in [1.82, 2.24) is 5.32 Å². The van der Waals surface area contributed by atoms with E-state index in [9.17, 15) is 5.11 Å². The zero-order chi connectivity index (χ0) is 16.8. The third kappa shape index (κ3) is 5.87. The highest BCUT2D eigenvalue weighted by Gasteiger charge is 2.10. The summed E-state index contributed by atoms with van der Waals surface area (Å²) in [4.78, 5) is 0. The van der Waals surface area contributed by atoms with Crippen molar-refractivity contribution in [3.05, 3.63) is 64.2 Å². The fourth-order valence-corrected chi connectivity index (χ4v) is 2.67. The minimum Gasteiger partial charge on any atom is -0.491 e. The third-order valence-electron chi connectivity index (χ3n) is 3.65. The lowest BCUT2D eigenvalue weighted by Crippen LogP contribution is -2.33. The standard InChI is InChI=1S/C19H24ClNO2/c1-13-7-14(2)9-19(8-13)23-12-18(22)11-21-15(3)16-5-4-6-17(20)10-16/h4-10,15,18,21-22H,11-12H2,1-3H3. The van der Waals surface area contributed by atoms with Gasteiger partial charge in [-0.05, 0) is 61.7 Å². The molecule has 3 nitrogen and oxygen atoms in total. The molecule has 0 fully saturated rings. The summed E-state index contributed by atoms with van der Waals surface area (Å²) in [6, 6.07) is 13.9. The first-order valence-electron chi connectivity index (χ1n) is 7.82. The van der Waals surface area contributed by atoms with Gasteiger partial charge in [0.1, 0.15) is 18.5 Å². The van der Waals surface area contributed by atoms with Crippen LogP contribution in [0.1, 0.15) is 29.7 Å². The number of hydrogen-bond donors (Lipinski definition) is 2. The van der Waals surface area contributed by atoms with Crippen molar-refractivity contribution in [3.8, 4) is 5.75 Å². The van der Waals surface area contributed by atoms with Gasteiger partial charge >= 0.3 is 0 Å². The first-order chi connectivity index (χ1) is 10.9. The molecule has 2 aromatic carbocycles. The summed E-state index contributed by atoms with van der Waals surface area (Å²) in [5.41, 5.74) is 3.41. The van der Waals surface area contributed by atoms with Crippen molar-refractivity contribution < 1.29 is 9.84 Å². The number of aliphatic hydroxyl groups is 1. The van der Waals surface area contributed by atoms with Crippen LogP contribution in [0.3, 0.4) is 0 Å². The van der Waals surface area contributed by atoms with Gasteiger partial charge < -0.3 is 15.2 Å². The second-order valence-corrected chi connectivity index (χ2v) is 6.41. The number of aliphatic hydroxyl groups excluding tert-OH is 1. The Morgan fingerprint density at radius 2 is 1.83 bits per heavy atom. The van der Waals surface area contributed by atoms with Crippen LogP contribution in [-0.2, 0) is 0 Å². The summed E-state index contributed by atoms with van der Waals surface area (Å²) < 4.78 is 5.68. The Kier molecular flexibility index (Phi) is 6.46. The monoisotopic (exact) mass is 333 g/mol. The molecule has 0 saturated heterocycles. The highest BCUT2D eigenvalue weighted by atomic mass is 35.5. The molecule has 2 atom stereocenters. The van der Waals surface area contributed by atoms with E-state index in [1.807, 2.05) is 57.2 Å². The molecule has 124 valence electrons. The largest absolute Gasteiger partial charge is 0.491 e. The summed E-state index contributed by atoms with van der Waals surface area (Å²) in [7, 11) is 0. The first kappa shape index (κ1) is 17.8. The summed E-state index contributed by atoms with van der Waals surface area (Å²) in [5.74, 6) is 0.796. The number of benzene rings is 2. The van der Waals surface area contributed by atoms with Gasteiger partial charge in [0, 0.05) is 17.6 Å². The van der Waals surface area contributed by atoms with Crippen molar-refractivity contribution in [3.63, 3.8) is 0 Å². The Hall–Kier alpha value is -1.55. The van der Waals surface area contributed by atoms with Crippen LogP contribution in [0.15, 0.2) is 42.5 Å². The van der Waals surface area contributed by atoms with Gasteiger partial charge in [-0.15, -0.1) is 0 Å². The van der Waals surface area contributed by atoms with Gasteiger partial charge in [0.15, 0.2) is 0 Å². The molecule has 0 heterocycles. The lowest BCUT2D eigenvalue weighted by atomic mass is 10.1. The predicted molar refractivity (Wildman–Crippen MR) is 95.3 cm³/mol. The van der Waals surface area contributed by atoms with Gasteiger partial charge in [0.05, 0.1) is 0 Å². The molecule has 0 aliphatic carbocycles. The lowest BCUT2D eigenvalue weighted by molar-refractivity contribution is 0.104. The van der Waals surface area contributed by atoms with E-state index in [1.54, 1.807) is 0 Å². The molecular formula is C19H24ClNO2. The third-order valence-corrected chi connectivity index (χ3v) is 3.88. The topological polar surface area (TPSA) is 41.5 Å². The fraction of sp³-hybridized carbons (Fsp3) is 0.368. The van der Waals surface area contributed by atoms with E-state index in [-0.39, 0.29) is 12.6 Å². The van der Waals surface area contributed by atoms with Gasteiger partial charge in [0.2, 0.25) is 0 Å². The quantitative estimate of drug-likeness (QED) is 0.803. The maximum atomic E-state index is 10.1. The molecule has 2 N–H and O–H groups in total. The lowest BCUT2D eigenvalue weighted by Gasteiger charge is -2.18. The molecule has 0 aliphatic rings. The minimum absolute atomic E-state index is 0.115. The molecule has 2 aromatic rings. The summed E-state index contributed by atoms with van der Waals surface area (Å²) in [6.07, 6.45) is -0.572. The average molecular weight is 334 g/mol.